The smallest absolute Gasteiger partial charge is 0.337 e. The Hall–Kier alpha value is -3.37. The van der Waals surface area contributed by atoms with Crippen molar-refractivity contribution >= 4 is 5.91 Å². The Balaban J connectivity index is 1.68. The highest BCUT2D eigenvalue weighted by atomic mass is 19.4. The number of hydrogen-bond acceptors (Lipinski definition) is 4. The first-order valence-electron chi connectivity index (χ1n) is 10.4. The van der Waals surface area contributed by atoms with E-state index in [2.05, 4.69) is 10.1 Å². The third kappa shape index (κ3) is 4.92. The highest BCUT2D eigenvalue weighted by Gasteiger charge is 2.39. The number of nitrogens with zero attached hydrogens (tertiary/aromatic N) is 3. The number of aromatic nitrogens is 2. The zero-order chi connectivity index (χ0) is 24.7. The molecule has 1 atom stereocenters. The standard InChI is InChI=1S/C23H19F6N3O2/c1-13-5-7-14(8-6-13)19-30-20(34-31-19)18-4-2-3-9-32(18)21(33)15-10-16(22(24,25)26)12-17(11-15)23(27,28)29/h5-8,10-12,18H,2-4,9H2,1H3. The van der Waals surface area contributed by atoms with Gasteiger partial charge in [0.2, 0.25) is 11.7 Å². The lowest BCUT2D eigenvalue weighted by atomic mass is 9.98. The molecule has 0 radical (unpaired) electrons. The van der Waals surface area contributed by atoms with Crippen molar-refractivity contribution in [2.75, 3.05) is 6.54 Å². The molecule has 1 unspecified atom stereocenters. The van der Waals surface area contributed by atoms with E-state index >= 15 is 0 Å². The summed E-state index contributed by atoms with van der Waals surface area (Å²) in [5.41, 5.74) is -2.09. The summed E-state index contributed by atoms with van der Waals surface area (Å²) in [6.07, 6.45) is -8.51. The maximum Gasteiger partial charge on any atom is 0.416 e. The van der Waals surface area contributed by atoms with Crippen molar-refractivity contribution in [1.29, 1.82) is 0 Å². The predicted octanol–water partition coefficient (Wildman–Crippen LogP) is 6.45. The van der Waals surface area contributed by atoms with E-state index in [0.717, 1.165) is 5.56 Å². The molecule has 1 aliphatic heterocycles. The molecule has 1 saturated heterocycles. The fraction of sp³-hybridized carbons (Fsp3) is 0.348. The lowest BCUT2D eigenvalue weighted by molar-refractivity contribution is -0.143. The van der Waals surface area contributed by atoms with Crippen LogP contribution >= 0.6 is 0 Å². The molecule has 2 aromatic carbocycles. The van der Waals surface area contributed by atoms with Crippen LogP contribution in [0.3, 0.4) is 0 Å². The molecule has 180 valence electrons. The molecule has 1 amide bonds. The van der Waals surface area contributed by atoms with Gasteiger partial charge in [-0.25, -0.2) is 0 Å². The van der Waals surface area contributed by atoms with Gasteiger partial charge in [0.05, 0.1) is 11.1 Å². The van der Waals surface area contributed by atoms with Crippen molar-refractivity contribution in [2.24, 2.45) is 0 Å². The third-order valence-corrected chi connectivity index (χ3v) is 5.63. The number of rotatable bonds is 3. The lowest BCUT2D eigenvalue weighted by Crippen LogP contribution is -2.39. The van der Waals surface area contributed by atoms with Crippen LogP contribution in [0.5, 0.6) is 0 Å². The van der Waals surface area contributed by atoms with Crippen LogP contribution in [-0.2, 0) is 12.4 Å². The van der Waals surface area contributed by atoms with Crippen LogP contribution in [0.15, 0.2) is 47.0 Å². The average Bonchev–Trinajstić information content (AvgIpc) is 3.28. The molecule has 3 aromatic rings. The first kappa shape index (κ1) is 23.8. The predicted molar refractivity (Wildman–Crippen MR) is 109 cm³/mol. The zero-order valence-electron chi connectivity index (χ0n) is 17.9. The van der Waals surface area contributed by atoms with Gasteiger partial charge in [-0.2, -0.15) is 31.3 Å². The Kier molecular flexibility index (Phi) is 6.13. The summed E-state index contributed by atoms with van der Waals surface area (Å²) in [5.74, 6) is -0.616. The summed E-state index contributed by atoms with van der Waals surface area (Å²) >= 11 is 0. The second kappa shape index (κ2) is 8.77. The molecule has 0 N–H and O–H groups in total. The van der Waals surface area contributed by atoms with Crippen molar-refractivity contribution < 1.29 is 35.7 Å². The molecule has 4 rings (SSSR count). The van der Waals surface area contributed by atoms with Crippen molar-refractivity contribution in [2.45, 2.75) is 44.6 Å². The summed E-state index contributed by atoms with van der Waals surface area (Å²) in [6, 6.07) is 7.39. The number of hydrogen-bond donors (Lipinski definition) is 0. The number of likely N-dealkylation sites (tertiary alicyclic amines) is 1. The highest BCUT2D eigenvalue weighted by Crippen LogP contribution is 2.38. The molecule has 2 heterocycles. The average molecular weight is 483 g/mol. The number of benzene rings is 2. The Morgan fingerprint density at radius 1 is 0.971 bits per heavy atom. The molecule has 0 bridgehead atoms. The molecule has 34 heavy (non-hydrogen) atoms. The maximum atomic E-state index is 13.2. The van der Waals surface area contributed by atoms with Gasteiger partial charge in [0.15, 0.2) is 0 Å². The second-order valence-corrected chi connectivity index (χ2v) is 8.13. The van der Waals surface area contributed by atoms with Gasteiger partial charge in [0, 0.05) is 17.7 Å². The Bertz CT molecular complexity index is 1150. The molecule has 0 aliphatic carbocycles. The topological polar surface area (TPSA) is 59.2 Å². The summed E-state index contributed by atoms with van der Waals surface area (Å²) < 4.78 is 84.8. The van der Waals surface area contributed by atoms with Crippen LogP contribution in [0, 0.1) is 6.92 Å². The minimum Gasteiger partial charge on any atom is -0.337 e. The van der Waals surface area contributed by atoms with Gasteiger partial charge in [0.1, 0.15) is 6.04 Å². The number of carbonyl (C=O) groups is 1. The van der Waals surface area contributed by atoms with E-state index in [-0.39, 0.29) is 24.3 Å². The van der Waals surface area contributed by atoms with Crippen LogP contribution in [0.2, 0.25) is 0 Å². The first-order chi connectivity index (χ1) is 15.9. The SMILES string of the molecule is Cc1ccc(-c2noc(C3CCCCN3C(=O)c3cc(C(F)(F)F)cc(C(F)(F)F)c3)n2)cc1. The molecule has 0 saturated carbocycles. The van der Waals surface area contributed by atoms with Crippen molar-refractivity contribution in [3.63, 3.8) is 0 Å². The number of amides is 1. The zero-order valence-corrected chi connectivity index (χ0v) is 17.9. The summed E-state index contributed by atoms with van der Waals surface area (Å²) in [5, 5.41) is 3.93. The van der Waals surface area contributed by atoms with E-state index in [9.17, 15) is 31.1 Å². The van der Waals surface area contributed by atoms with Crippen LogP contribution in [0.25, 0.3) is 11.4 Å². The summed E-state index contributed by atoms with van der Waals surface area (Å²) in [7, 11) is 0. The molecular weight excluding hydrogens is 464 g/mol. The molecule has 1 aliphatic rings. The summed E-state index contributed by atoms with van der Waals surface area (Å²) in [4.78, 5) is 18.7. The van der Waals surface area contributed by atoms with Gasteiger partial charge in [-0.05, 0) is 44.4 Å². The number of halogens is 6. The fourth-order valence-corrected chi connectivity index (χ4v) is 3.87. The third-order valence-electron chi connectivity index (χ3n) is 5.63. The minimum atomic E-state index is -5.05. The van der Waals surface area contributed by atoms with Gasteiger partial charge in [-0.1, -0.05) is 35.0 Å². The van der Waals surface area contributed by atoms with Crippen LogP contribution in [-0.4, -0.2) is 27.5 Å². The van der Waals surface area contributed by atoms with Crippen LogP contribution in [0.1, 0.15) is 58.2 Å². The highest BCUT2D eigenvalue weighted by molar-refractivity contribution is 5.95. The molecule has 1 fully saturated rings. The summed E-state index contributed by atoms with van der Waals surface area (Å²) in [6.45, 7) is 2.04. The van der Waals surface area contributed by atoms with Crippen molar-refractivity contribution in [3.05, 3.63) is 70.6 Å². The molecular formula is C23H19F6N3O2. The fourth-order valence-electron chi connectivity index (χ4n) is 3.87. The second-order valence-electron chi connectivity index (χ2n) is 8.13. The van der Waals surface area contributed by atoms with E-state index < -0.39 is 41.0 Å². The number of aryl methyl sites for hydroxylation is 1. The Morgan fingerprint density at radius 2 is 1.59 bits per heavy atom. The van der Waals surface area contributed by atoms with Gasteiger partial charge in [-0.15, -0.1) is 0 Å². The minimum absolute atomic E-state index is 0.00365. The molecule has 5 nitrogen and oxygen atoms in total. The van der Waals surface area contributed by atoms with Crippen molar-refractivity contribution in [3.8, 4) is 11.4 Å². The largest absolute Gasteiger partial charge is 0.416 e. The molecule has 11 heteroatoms. The van der Waals surface area contributed by atoms with E-state index in [1.165, 1.54) is 4.90 Å². The van der Waals surface area contributed by atoms with E-state index in [0.29, 0.717) is 37.0 Å². The van der Waals surface area contributed by atoms with E-state index in [4.69, 9.17) is 4.52 Å². The van der Waals surface area contributed by atoms with Gasteiger partial charge in [0.25, 0.3) is 5.91 Å². The maximum absolute atomic E-state index is 13.2. The molecule has 0 spiro atoms. The number of alkyl halides is 6. The van der Waals surface area contributed by atoms with Gasteiger partial charge >= 0.3 is 12.4 Å². The quantitative estimate of drug-likeness (QED) is 0.402. The lowest BCUT2D eigenvalue weighted by Gasteiger charge is -2.33. The number of carbonyl (C=O) groups excluding carboxylic acids is 1. The normalized spacial score (nSPS) is 17.1. The number of piperidine rings is 1. The van der Waals surface area contributed by atoms with Gasteiger partial charge < -0.3 is 9.42 Å². The monoisotopic (exact) mass is 483 g/mol. The van der Waals surface area contributed by atoms with Gasteiger partial charge in [-0.3, -0.25) is 4.79 Å². The van der Waals surface area contributed by atoms with E-state index in [1.54, 1.807) is 12.1 Å². The van der Waals surface area contributed by atoms with E-state index in [1.807, 2.05) is 19.1 Å². The molecule has 1 aromatic heterocycles. The van der Waals surface area contributed by atoms with Crippen molar-refractivity contribution in [1.82, 2.24) is 15.0 Å². The Labute approximate surface area is 190 Å². The first-order valence-corrected chi connectivity index (χ1v) is 10.4. The Morgan fingerprint density at radius 3 is 2.18 bits per heavy atom. The van der Waals surface area contributed by atoms with Crippen LogP contribution in [0.4, 0.5) is 26.3 Å². The van der Waals surface area contributed by atoms with Crippen LogP contribution < -0.4 is 0 Å².